The lowest BCUT2D eigenvalue weighted by Gasteiger charge is -2.25. The Hall–Kier alpha value is -2.35. The smallest absolute Gasteiger partial charge is 0.273 e. The van der Waals surface area contributed by atoms with Crippen molar-refractivity contribution < 1.29 is 19.2 Å². The Bertz CT molecular complexity index is 545. The lowest BCUT2D eigenvalue weighted by Crippen LogP contribution is -2.51. The molecule has 1 amide bonds. The lowest BCUT2D eigenvalue weighted by atomic mass is 9.95. The number of hydrogen-bond donors (Lipinski definition) is 2. The number of nitro groups is 1. The van der Waals surface area contributed by atoms with Crippen LogP contribution in [0.1, 0.15) is 20.3 Å². The summed E-state index contributed by atoms with van der Waals surface area (Å²) in [4.78, 5) is 21.4. The topological polar surface area (TPSA) is 131 Å². The molecule has 0 fully saturated rings. The van der Waals surface area contributed by atoms with Gasteiger partial charge in [0.15, 0.2) is 11.5 Å². The molecule has 0 bridgehead atoms. The second-order valence-corrected chi connectivity index (χ2v) is 5.01. The SMILES string of the molecule is COc1cc([N+](=O)[O-])ccc1OC(C)CC(C)(N)C(N)=O. The molecular weight excluding hydrogens is 278 g/mol. The highest BCUT2D eigenvalue weighted by Gasteiger charge is 2.29. The lowest BCUT2D eigenvalue weighted by molar-refractivity contribution is -0.385. The van der Waals surface area contributed by atoms with E-state index in [9.17, 15) is 14.9 Å². The van der Waals surface area contributed by atoms with Crippen LogP contribution in [0.15, 0.2) is 18.2 Å². The number of nitrogens with two attached hydrogens (primary N) is 2. The van der Waals surface area contributed by atoms with Crippen LogP contribution in [0.3, 0.4) is 0 Å². The highest BCUT2D eigenvalue weighted by molar-refractivity contribution is 5.83. The van der Waals surface area contributed by atoms with Crippen molar-refractivity contribution in [3.63, 3.8) is 0 Å². The summed E-state index contributed by atoms with van der Waals surface area (Å²) < 4.78 is 10.7. The van der Waals surface area contributed by atoms with Gasteiger partial charge in [-0.25, -0.2) is 0 Å². The normalized spacial score (nSPS) is 14.9. The minimum Gasteiger partial charge on any atom is -0.493 e. The van der Waals surface area contributed by atoms with Gasteiger partial charge >= 0.3 is 0 Å². The molecule has 0 aliphatic rings. The first-order valence-electron chi connectivity index (χ1n) is 6.25. The van der Waals surface area contributed by atoms with Crippen molar-refractivity contribution in [2.45, 2.75) is 31.9 Å². The highest BCUT2D eigenvalue weighted by atomic mass is 16.6. The van der Waals surface area contributed by atoms with Crippen molar-refractivity contribution >= 4 is 11.6 Å². The molecule has 21 heavy (non-hydrogen) atoms. The molecule has 4 N–H and O–H groups in total. The summed E-state index contributed by atoms with van der Waals surface area (Å²) in [6.45, 7) is 3.23. The number of nitro benzene ring substituents is 1. The van der Waals surface area contributed by atoms with Gasteiger partial charge in [0, 0.05) is 12.5 Å². The van der Waals surface area contributed by atoms with Crippen molar-refractivity contribution in [1.29, 1.82) is 0 Å². The Kier molecular flexibility index (Phi) is 5.09. The predicted molar refractivity (Wildman–Crippen MR) is 76.1 cm³/mol. The zero-order valence-corrected chi connectivity index (χ0v) is 12.2. The van der Waals surface area contributed by atoms with Crippen LogP contribution >= 0.6 is 0 Å². The van der Waals surface area contributed by atoms with Crippen LogP contribution in [0.5, 0.6) is 11.5 Å². The minimum atomic E-state index is -1.20. The van der Waals surface area contributed by atoms with Crippen molar-refractivity contribution in [3.05, 3.63) is 28.3 Å². The van der Waals surface area contributed by atoms with Gasteiger partial charge in [0.05, 0.1) is 29.7 Å². The van der Waals surface area contributed by atoms with Crippen molar-refractivity contribution in [2.75, 3.05) is 7.11 Å². The van der Waals surface area contributed by atoms with E-state index in [1.807, 2.05) is 0 Å². The molecule has 0 saturated heterocycles. The molecule has 2 atom stereocenters. The van der Waals surface area contributed by atoms with Gasteiger partial charge in [0.25, 0.3) is 5.69 Å². The molecule has 0 saturated carbocycles. The Morgan fingerprint density at radius 1 is 1.48 bits per heavy atom. The molecule has 0 aromatic heterocycles. The first kappa shape index (κ1) is 16.7. The third-order valence-corrected chi connectivity index (χ3v) is 2.96. The molecule has 1 aromatic rings. The van der Waals surface area contributed by atoms with Crippen LogP contribution in [0, 0.1) is 10.1 Å². The van der Waals surface area contributed by atoms with Crippen LogP contribution in [0.25, 0.3) is 0 Å². The molecule has 0 spiro atoms. The van der Waals surface area contributed by atoms with E-state index in [0.29, 0.717) is 5.75 Å². The second-order valence-electron chi connectivity index (χ2n) is 5.01. The first-order valence-corrected chi connectivity index (χ1v) is 6.25. The molecule has 0 aliphatic heterocycles. The summed E-state index contributed by atoms with van der Waals surface area (Å²) in [5.41, 5.74) is 9.67. The number of nitrogens with zero attached hydrogens (tertiary/aromatic N) is 1. The van der Waals surface area contributed by atoms with Gasteiger partial charge in [-0.2, -0.15) is 0 Å². The zero-order valence-electron chi connectivity index (χ0n) is 12.2. The number of primary amides is 1. The average molecular weight is 297 g/mol. The van der Waals surface area contributed by atoms with E-state index in [0.717, 1.165) is 0 Å². The van der Waals surface area contributed by atoms with Crippen LogP contribution in [0.2, 0.25) is 0 Å². The van der Waals surface area contributed by atoms with Gasteiger partial charge in [0.2, 0.25) is 5.91 Å². The van der Waals surface area contributed by atoms with E-state index < -0.39 is 22.5 Å². The number of methoxy groups -OCH3 is 1. The Morgan fingerprint density at radius 2 is 2.10 bits per heavy atom. The molecule has 1 aromatic carbocycles. The zero-order chi connectivity index (χ0) is 16.2. The van der Waals surface area contributed by atoms with E-state index >= 15 is 0 Å². The average Bonchev–Trinajstić information content (AvgIpc) is 2.37. The maximum absolute atomic E-state index is 11.2. The number of carbonyl (C=O) groups excluding carboxylic acids is 1. The van der Waals surface area contributed by atoms with Crippen molar-refractivity contribution in [1.82, 2.24) is 0 Å². The van der Waals surface area contributed by atoms with Crippen LogP contribution in [-0.4, -0.2) is 29.6 Å². The fourth-order valence-electron chi connectivity index (χ4n) is 1.82. The summed E-state index contributed by atoms with van der Waals surface area (Å²) in [6.07, 6.45) is -0.231. The van der Waals surface area contributed by atoms with Crippen molar-refractivity contribution in [2.24, 2.45) is 11.5 Å². The number of rotatable bonds is 7. The number of hydrogen-bond acceptors (Lipinski definition) is 6. The fourth-order valence-corrected chi connectivity index (χ4v) is 1.82. The van der Waals surface area contributed by atoms with E-state index in [1.165, 1.54) is 32.2 Å². The van der Waals surface area contributed by atoms with Gasteiger partial charge in [-0.3, -0.25) is 14.9 Å². The second kappa shape index (κ2) is 6.40. The number of non-ortho nitro benzene ring substituents is 1. The molecule has 2 unspecified atom stereocenters. The molecule has 0 heterocycles. The Labute approximate surface area is 122 Å². The predicted octanol–water partition coefficient (Wildman–Crippen LogP) is 0.963. The molecular formula is C13H19N3O5. The summed E-state index contributed by atoms with van der Waals surface area (Å²) >= 11 is 0. The quantitative estimate of drug-likeness (QED) is 0.569. The largest absolute Gasteiger partial charge is 0.493 e. The maximum atomic E-state index is 11.2. The van der Waals surface area contributed by atoms with Gasteiger partial charge < -0.3 is 20.9 Å². The van der Waals surface area contributed by atoms with Crippen LogP contribution in [0.4, 0.5) is 5.69 Å². The first-order chi connectivity index (χ1) is 9.67. The Balaban J connectivity index is 2.87. The summed E-state index contributed by atoms with van der Waals surface area (Å²) in [5.74, 6) is -0.0710. The number of benzene rings is 1. The van der Waals surface area contributed by atoms with Gasteiger partial charge in [-0.1, -0.05) is 0 Å². The summed E-state index contributed by atoms with van der Waals surface area (Å²) in [5, 5.41) is 10.7. The summed E-state index contributed by atoms with van der Waals surface area (Å²) in [6, 6.07) is 4.00. The van der Waals surface area contributed by atoms with Gasteiger partial charge in [-0.15, -0.1) is 0 Å². The molecule has 1 rings (SSSR count). The van der Waals surface area contributed by atoms with E-state index in [2.05, 4.69) is 0 Å². The highest BCUT2D eigenvalue weighted by Crippen LogP contribution is 2.32. The third-order valence-electron chi connectivity index (χ3n) is 2.96. The van der Waals surface area contributed by atoms with E-state index in [4.69, 9.17) is 20.9 Å². The third kappa shape index (κ3) is 4.32. The monoisotopic (exact) mass is 297 g/mol. The molecule has 8 nitrogen and oxygen atoms in total. The fraction of sp³-hybridized carbons (Fsp3) is 0.462. The number of ether oxygens (including phenoxy) is 2. The van der Waals surface area contributed by atoms with E-state index in [1.54, 1.807) is 6.92 Å². The molecule has 0 radical (unpaired) electrons. The number of carbonyl (C=O) groups is 1. The molecule has 116 valence electrons. The maximum Gasteiger partial charge on any atom is 0.273 e. The summed E-state index contributed by atoms with van der Waals surface area (Å²) in [7, 11) is 1.38. The van der Waals surface area contributed by atoms with Crippen LogP contribution < -0.4 is 20.9 Å². The molecule has 0 aliphatic carbocycles. The minimum absolute atomic E-state index is 0.104. The number of amides is 1. The standard InChI is InChI=1S/C13H19N3O5/c1-8(7-13(2,15)12(14)17)21-10-5-4-9(16(18)19)6-11(10)20-3/h4-6,8H,7,15H2,1-3H3,(H2,14,17). The van der Waals surface area contributed by atoms with Gasteiger partial charge in [0.1, 0.15) is 0 Å². The van der Waals surface area contributed by atoms with E-state index in [-0.39, 0.29) is 17.9 Å². The molecule has 8 heteroatoms. The van der Waals surface area contributed by atoms with Crippen molar-refractivity contribution in [3.8, 4) is 11.5 Å². The van der Waals surface area contributed by atoms with Gasteiger partial charge in [-0.05, 0) is 19.9 Å². The Morgan fingerprint density at radius 3 is 2.57 bits per heavy atom. The van der Waals surface area contributed by atoms with Crippen LogP contribution in [-0.2, 0) is 4.79 Å².